The van der Waals surface area contributed by atoms with Crippen molar-refractivity contribution in [3.63, 3.8) is 0 Å². The van der Waals surface area contributed by atoms with Crippen LogP contribution in [0, 0.1) is 20.8 Å². The summed E-state index contributed by atoms with van der Waals surface area (Å²) in [6, 6.07) is 11.3. The van der Waals surface area contributed by atoms with Crippen LogP contribution in [0.3, 0.4) is 0 Å². The summed E-state index contributed by atoms with van der Waals surface area (Å²) in [5.41, 5.74) is 4.16. The summed E-state index contributed by atoms with van der Waals surface area (Å²) >= 11 is 0. The zero-order valence-electron chi connectivity index (χ0n) is 21.1. The Kier molecular flexibility index (Phi) is 8.97. The minimum Gasteiger partial charge on any atom is -0.497 e. The van der Waals surface area contributed by atoms with Crippen molar-refractivity contribution in [1.29, 1.82) is 0 Å². The molecular formula is C28H38N2O4. The lowest BCUT2D eigenvalue weighted by Crippen LogP contribution is -2.52. The third-order valence-corrected chi connectivity index (χ3v) is 6.71. The molecule has 3 rings (SSSR count). The van der Waals surface area contributed by atoms with E-state index in [1.165, 1.54) is 0 Å². The summed E-state index contributed by atoms with van der Waals surface area (Å²) in [5, 5.41) is 3.17. The first kappa shape index (κ1) is 25.6. The number of benzene rings is 2. The van der Waals surface area contributed by atoms with Crippen LogP contribution in [0.4, 0.5) is 0 Å². The highest BCUT2D eigenvalue weighted by Crippen LogP contribution is 2.24. The third kappa shape index (κ3) is 6.52. The van der Waals surface area contributed by atoms with E-state index in [-0.39, 0.29) is 24.5 Å². The Bertz CT molecular complexity index is 981. The smallest absolute Gasteiger partial charge is 0.261 e. The van der Waals surface area contributed by atoms with Crippen molar-refractivity contribution in [2.24, 2.45) is 0 Å². The highest BCUT2D eigenvalue weighted by Gasteiger charge is 2.31. The molecule has 6 heteroatoms. The van der Waals surface area contributed by atoms with E-state index in [1.54, 1.807) is 12.0 Å². The normalized spacial score (nSPS) is 14.5. The average Bonchev–Trinajstić information content (AvgIpc) is 3.33. The molecule has 0 saturated heterocycles. The number of rotatable bonds is 10. The number of nitrogens with one attached hydrogen (secondary N) is 1. The number of hydrogen-bond donors (Lipinski definition) is 1. The van der Waals surface area contributed by atoms with E-state index < -0.39 is 6.04 Å². The molecule has 0 unspecified atom stereocenters. The van der Waals surface area contributed by atoms with Gasteiger partial charge in [0.2, 0.25) is 5.91 Å². The number of nitrogens with zero attached hydrogens (tertiary/aromatic N) is 1. The summed E-state index contributed by atoms with van der Waals surface area (Å²) < 4.78 is 11.2. The number of methoxy groups -OCH3 is 1. The van der Waals surface area contributed by atoms with Crippen LogP contribution in [0.2, 0.25) is 0 Å². The zero-order chi connectivity index (χ0) is 24.7. The fraction of sp³-hybridized carbons (Fsp3) is 0.500. The molecule has 1 fully saturated rings. The summed E-state index contributed by atoms with van der Waals surface area (Å²) in [6.45, 7) is 8.20. The molecule has 0 bridgehead atoms. The maximum atomic E-state index is 13.5. The van der Waals surface area contributed by atoms with Crippen LogP contribution in [0.25, 0.3) is 0 Å². The Labute approximate surface area is 203 Å². The van der Waals surface area contributed by atoms with Gasteiger partial charge in [-0.05, 0) is 80.5 Å². The van der Waals surface area contributed by atoms with Crippen LogP contribution in [0.1, 0.15) is 61.3 Å². The second-order valence-corrected chi connectivity index (χ2v) is 9.28. The molecule has 0 aliphatic heterocycles. The van der Waals surface area contributed by atoms with Crippen LogP contribution >= 0.6 is 0 Å². The molecule has 0 radical (unpaired) electrons. The van der Waals surface area contributed by atoms with Gasteiger partial charge < -0.3 is 19.7 Å². The van der Waals surface area contributed by atoms with Gasteiger partial charge in [0, 0.05) is 12.6 Å². The maximum Gasteiger partial charge on any atom is 0.261 e. The Balaban J connectivity index is 1.79. The molecule has 2 aromatic rings. The van der Waals surface area contributed by atoms with Gasteiger partial charge in [-0.15, -0.1) is 0 Å². The molecule has 6 nitrogen and oxygen atoms in total. The van der Waals surface area contributed by atoms with Gasteiger partial charge in [0.05, 0.1) is 7.11 Å². The number of hydrogen-bond acceptors (Lipinski definition) is 4. The van der Waals surface area contributed by atoms with Gasteiger partial charge >= 0.3 is 0 Å². The maximum absolute atomic E-state index is 13.5. The molecule has 2 amide bonds. The third-order valence-electron chi connectivity index (χ3n) is 6.71. The van der Waals surface area contributed by atoms with Crippen molar-refractivity contribution in [2.45, 2.75) is 78.4 Å². The van der Waals surface area contributed by atoms with Crippen molar-refractivity contribution in [3.05, 3.63) is 58.7 Å². The summed E-state index contributed by atoms with van der Waals surface area (Å²) in [7, 11) is 1.62. The number of ether oxygens (including phenoxy) is 2. The highest BCUT2D eigenvalue weighted by atomic mass is 16.5. The molecule has 34 heavy (non-hydrogen) atoms. The Morgan fingerprint density at radius 1 is 1.09 bits per heavy atom. The molecule has 1 atom stereocenters. The van der Waals surface area contributed by atoms with Gasteiger partial charge in [0.1, 0.15) is 17.5 Å². The molecule has 1 aliphatic rings. The second kappa shape index (κ2) is 11.9. The Morgan fingerprint density at radius 3 is 2.38 bits per heavy atom. The van der Waals surface area contributed by atoms with Gasteiger partial charge in [0.15, 0.2) is 6.61 Å². The predicted molar refractivity (Wildman–Crippen MR) is 134 cm³/mol. The lowest BCUT2D eigenvalue weighted by molar-refractivity contribution is -0.143. The van der Waals surface area contributed by atoms with Crippen LogP contribution in [-0.4, -0.2) is 42.5 Å². The SMILES string of the molecule is CC[C@H](C(=O)NC1CCCC1)N(Cc1ccc(OC)cc1)C(=O)COc1cc(C)cc(C)c1C. The van der Waals surface area contributed by atoms with E-state index >= 15 is 0 Å². The van der Waals surface area contributed by atoms with Crippen molar-refractivity contribution in [3.8, 4) is 11.5 Å². The first-order valence-corrected chi connectivity index (χ1v) is 12.3. The highest BCUT2D eigenvalue weighted by molar-refractivity contribution is 5.88. The van der Waals surface area contributed by atoms with Crippen LogP contribution in [0.15, 0.2) is 36.4 Å². The van der Waals surface area contributed by atoms with E-state index in [9.17, 15) is 9.59 Å². The Morgan fingerprint density at radius 2 is 1.76 bits per heavy atom. The van der Waals surface area contributed by atoms with Crippen molar-refractivity contribution in [2.75, 3.05) is 13.7 Å². The second-order valence-electron chi connectivity index (χ2n) is 9.28. The van der Waals surface area contributed by atoms with E-state index in [0.29, 0.717) is 18.7 Å². The summed E-state index contributed by atoms with van der Waals surface area (Å²) in [6.07, 6.45) is 4.81. The van der Waals surface area contributed by atoms with E-state index in [2.05, 4.69) is 11.4 Å². The monoisotopic (exact) mass is 466 g/mol. The molecular weight excluding hydrogens is 428 g/mol. The van der Waals surface area contributed by atoms with Crippen molar-refractivity contribution in [1.82, 2.24) is 10.2 Å². The molecule has 0 aromatic heterocycles. The van der Waals surface area contributed by atoms with Crippen LogP contribution < -0.4 is 14.8 Å². The minimum absolute atomic E-state index is 0.0844. The minimum atomic E-state index is -0.556. The lowest BCUT2D eigenvalue weighted by Gasteiger charge is -2.31. The molecule has 184 valence electrons. The molecule has 0 spiro atoms. The van der Waals surface area contributed by atoms with Crippen LogP contribution in [-0.2, 0) is 16.1 Å². The van der Waals surface area contributed by atoms with Crippen LogP contribution in [0.5, 0.6) is 11.5 Å². The largest absolute Gasteiger partial charge is 0.497 e. The van der Waals surface area contributed by atoms with Crippen molar-refractivity contribution >= 4 is 11.8 Å². The van der Waals surface area contributed by atoms with Gasteiger partial charge in [-0.3, -0.25) is 9.59 Å². The topological polar surface area (TPSA) is 67.9 Å². The van der Waals surface area contributed by atoms with Gasteiger partial charge in [0.25, 0.3) is 5.91 Å². The van der Waals surface area contributed by atoms with Gasteiger partial charge in [-0.25, -0.2) is 0 Å². The molecule has 1 N–H and O–H groups in total. The average molecular weight is 467 g/mol. The number of carbonyl (C=O) groups is 2. The number of carbonyl (C=O) groups excluding carboxylic acids is 2. The summed E-state index contributed by atoms with van der Waals surface area (Å²) in [5.74, 6) is 1.17. The van der Waals surface area contributed by atoms with Gasteiger partial charge in [-0.2, -0.15) is 0 Å². The van der Waals surface area contributed by atoms with E-state index in [4.69, 9.17) is 9.47 Å². The molecule has 1 saturated carbocycles. The number of amides is 2. The first-order chi connectivity index (χ1) is 16.3. The standard InChI is InChI=1S/C28H38N2O4/c1-6-25(28(32)29-23-9-7-8-10-23)30(17-22-11-13-24(33-5)14-12-22)27(31)18-34-26-16-19(2)15-20(3)21(26)4/h11-16,23,25H,6-10,17-18H2,1-5H3,(H,29,32)/t25-/m1/s1. The number of aryl methyl sites for hydroxylation is 2. The van der Waals surface area contributed by atoms with Gasteiger partial charge in [-0.1, -0.05) is 38.0 Å². The summed E-state index contributed by atoms with van der Waals surface area (Å²) in [4.78, 5) is 28.3. The van der Waals surface area contributed by atoms with E-state index in [0.717, 1.165) is 53.7 Å². The molecule has 2 aromatic carbocycles. The fourth-order valence-electron chi connectivity index (χ4n) is 4.59. The lowest BCUT2D eigenvalue weighted by atomic mass is 10.1. The predicted octanol–water partition coefficient (Wildman–Crippen LogP) is 4.87. The first-order valence-electron chi connectivity index (χ1n) is 12.3. The van der Waals surface area contributed by atoms with Crippen molar-refractivity contribution < 1.29 is 19.1 Å². The van der Waals surface area contributed by atoms with E-state index in [1.807, 2.05) is 58.0 Å². The molecule has 0 heterocycles. The quantitative estimate of drug-likeness (QED) is 0.543. The zero-order valence-corrected chi connectivity index (χ0v) is 21.1. The Hall–Kier alpha value is -3.02. The molecule has 1 aliphatic carbocycles. The fourth-order valence-corrected chi connectivity index (χ4v) is 4.59.